The Kier molecular flexibility index (Phi) is 9.24. The van der Waals surface area contributed by atoms with Gasteiger partial charge in [0.1, 0.15) is 5.69 Å². The number of anilines is 2. The van der Waals surface area contributed by atoms with Gasteiger partial charge >= 0.3 is 0 Å². The Bertz CT molecular complexity index is 1700. The van der Waals surface area contributed by atoms with Gasteiger partial charge in [-0.15, -0.1) is 0 Å². The average molecular weight is 638 g/mol. The van der Waals surface area contributed by atoms with Gasteiger partial charge in [-0.1, -0.05) is 39.0 Å². The molecule has 2 N–H and O–H groups in total. The molecule has 0 saturated carbocycles. The summed E-state index contributed by atoms with van der Waals surface area (Å²) < 4.78 is 34.4. The molecule has 5 rings (SSSR count). The highest BCUT2D eigenvalue weighted by Gasteiger charge is 2.33. The van der Waals surface area contributed by atoms with Crippen LogP contribution in [0.25, 0.3) is 10.9 Å². The molecule has 2 fully saturated rings. The molecule has 10 nitrogen and oxygen atoms in total. The number of carbonyl (C=O) groups excluding carboxylic acids is 2. The van der Waals surface area contributed by atoms with Crippen LogP contribution < -0.4 is 14.8 Å². The van der Waals surface area contributed by atoms with Gasteiger partial charge in [0.05, 0.1) is 36.3 Å². The van der Waals surface area contributed by atoms with Crippen LogP contribution in [0.1, 0.15) is 68.1 Å². The molecule has 1 atom stereocenters. The smallest absolute Gasteiger partial charge is 0.272 e. The molecule has 244 valence electrons. The Labute approximate surface area is 267 Å². The maximum atomic E-state index is 13.8. The van der Waals surface area contributed by atoms with E-state index < -0.39 is 10.0 Å². The Morgan fingerprint density at radius 1 is 1.00 bits per heavy atom. The number of hydrogen-bond donors (Lipinski definition) is 2. The number of hydrogen-bond acceptors (Lipinski definition) is 6. The SMILES string of the molecule is COc1c(NC(=O)c2cc3cccc(CC4CCN(C(=O)[C@@H]5CCCN5C)CC4)c3n2C)cc(C(C)(C)C)cc1NS(C)(=O)=O. The first-order chi connectivity index (χ1) is 21.2. The van der Waals surface area contributed by atoms with Crippen molar-refractivity contribution in [1.82, 2.24) is 14.4 Å². The van der Waals surface area contributed by atoms with Gasteiger partial charge in [-0.05, 0) is 86.4 Å². The van der Waals surface area contributed by atoms with E-state index in [1.807, 2.05) is 68.6 Å². The number of nitrogens with one attached hydrogen (secondary N) is 2. The van der Waals surface area contributed by atoms with E-state index in [-0.39, 0.29) is 34.7 Å². The Morgan fingerprint density at radius 3 is 2.29 bits per heavy atom. The Morgan fingerprint density at radius 2 is 1.69 bits per heavy atom. The Balaban J connectivity index is 1.36. The highest BCUT2D eigenvalue weighted by atomic mass is 32.2. The summed E-state index contributed by atoms with van der Waals surface area (Å²) in [7, 11) is 1.81. The van der Waals surface area contributed by atoms with E-state index in [1.54, 1.807) is 6.07 Å². The van der Waals surface area contributed by atoms with Crippen molar-refractivity contribution in [3.8, 4) is 5.75 Å². The van der Waals surface area contributed by atoms with Crippen molar-refractivity contribution in [2.24, 2.45) is 13.0 Å². The first kappa shape index (κ1) is 32.8. The Hall–Kier alpha value is -3.57. The van der Waals surface area contributed by atoms with Crippen molar-refractivity contribution in [2.45, 2.75) is 64.3 Å². The van der Waals surface area contributed by atoms with Crippen LogP contribution in [-0.4, -0.2) is 80.7 Å². The fourth-order valence-corrected chi connectivity index (χ4v) is 7.37. The molecule has 2 saturated heterocycles. The van der Waals surface area contributed by atoms with E-state index in [0.717, 1.165) is 74.5 Å². The zero-order valence-corrected chi connectivity index (χ0v) is 28.4. The highest BCUT2D eigenvalue weighted by molar-refractivity contribution is 7.92. The van der Waals surface area contributed by atoms with Crippen LogP contribution >= 0.6 is 0 Å². The first-order valence-electron chi connectivity index (χ1n) is 15.7. The fraction of sp³-hybridized carbons (Fsp3) is 0.529. The standard InChI is InChI=1S/C34H47N5O5S/c1-34(2,3)25-20-26(31(44-6)27(21-25)36-45(7,42)43)35-32(40)29-19-24-11-8-10-23(30(24)38(29)5)18-22-13-16-39(17-14-22)33(41)28-12-9-15-37(28)4/h8,10-11,19-22,28,36H,9,12-18H2,1-7H3,(H,35,40)/t28-/m0/s1. The lowest BCUT2D eigenvalue weighted by Crippen LogP contribution is -2.47. The van der Waals surface area contributed by atoms with E-state index in [0.29, 0.717) is 17.3 Å². The number of likely N-dealkylation sites (tertiary alicyclic amines) is 2. The molecule has 0 unspecified atom stereocenters. The number of aromatic nitrogens is 1. The number of methoxy groups -OCH3 is 1. The lowest BCUT2D eigenvalue weighted by molar-refractivity contribution is -0.137. The van der Waals surface area contributed by atoms with E-state index >= 15 is 0 Å². The average Bonchev–Trinajstić information content (AvgIpc) is 3.55. The summed E-state index contributed by atoms with van der Waals surface area (Å²) in [6.45, 7) is 8.63. The molecule has 0 radical (unpaired) electrons. The minimum Gasteiger partial charge on any atom is -0.492 e. The van der Waals surface area contributed by atoms with E-state index in [1.165, 1.54) is 12.7 Å². The van der Waals surface area contributed by atoms with Gasteiger partial charge in [0.15, 0.2) is 5.75 Å². The quantitative estimate of drug-likeness (QED) is 0.360. The van der Waals surface area contributed by atoms with Gasteiger partial charge in [0, 0.05) is 25.5 Å². The molecule has 3 heterocycles. The largest absolute Gasteiger partial charge is 0.492 e. The normalized spacial score (nSPS) is 18.4. The number of ether oxygens (including phenoxy) is 1. The van der Waals surface area contributed by atoms with Crippen LogP contribution in [0.15, 0.2) is 36.4 Å². The second-order valence-electron chi connectivity index (χ2n) is 13.7. The molecule has 0 spiro atoms. The van der Waals surface area contributed by atoms with Crippen LogP contribution in [-0.2, 0) is 33.7 Å². The molecule has 2 aromatic carbocycles. The van der Waals surface area contributed by atoms with Crippen molar-refractivity contribution >= 4 is 44.1 Å². The lowest BCUT2D eigenvalue weighted by atomic mass is 9.86. The number of piperidine rings is 1. The van der Waals surface area contributed by atoms with Gasteiger partial charge in [0.25, 0.3) is 5.91 Å². The topological polar surface area (TPSA) is 113 Å². The van der Waals surface area contributed by atoms with Crippen LogP contribution in [0.5, 0.6) is 5.75 Å². The zero-order valence-electron chi connectivity index (χ0n) is 27.6. The molecular weight excluding hydrogens is 590 g/mol. The van der Waals surface area contributed by atoms with Crippen molar-refractivity contribution in [2.75, 3.05) is 50.1 Å². The number of fused-ring (bicyclic) bond motifs is 1. The summed E-state index contributed by atoms with van der Waals surface area (Å²) in [4.78, 5) is 31.1. The molecular formula is C34H47N5O5S. The van der Waals surface area contributed by atoms with Gasteiger partial charge < -0.3 is 19.5 Å². The molecule has 2 aliphatic rings. The number of benzene rings is 2. The van der Waals surface area contributed by atoms with Gasteiger partial charge in [0.2, 0.25) is 15.9 Å². The van der Waals surface area contributed by atoms with Gasteiger partial charge in [-0.3, -0.25) is 19.2 Å². The third kappa shape index (κ3) is 7.14. The molecule has 3 aromatic rings. The number of rotatable bonds is 8. The number of sulfonamides is 1. The molecule has 0 aliphatic carbocycles. The van der Waals surface area contributed by atoms with Crippen LogP contribution in [0.4, 0.5) is 11.4 Å². The minimum atomic E-state index is -3.59. The third-order valence-corrected chi connectivity index (χ3v) is 9.91. The summed E-state index contributed by atoms with van der Waals surface area (Å²) in [6.07, 6.45) is 5.92. The maximum absolute atomic E-state index is 13.8. The fourth-order valence-electron chi connectivity index (χ4n) is 6.82. The van der Waals surface area contributed by atoms with E-state index in [4.69, 9.17) is 4.74 Å². The molecule has 1 aromatic heterocycles. The molecule has 11 heteroatoms. The summed E-state index contributed by atoms with van der Waals surface area (Å²) in [6, 6.07) is 11.7. The minimum absolute atomic E-state index is 0.0293. The van der Waals surface area contributed by atoms with Gasteiger partial charge in [-0.25, -0.2) is 8.42 Å². The molecule has 0 bridgehead atoms. The second kappa shape index (κ2) is 12.7. The van der Waals surface area contributed by atoms with Crippen molar-refractivity contribution in [1.29, 1.82) is 0 Å². The van der Waals surface area contributed by atoms with Crippen LogP contribution in [0.3, 0.4) is 0 Å². The summed E-state index contributed by atoms with van der Waals surface area (Å²) >= 11 is 0. The lowest BCUT2D eigenvalue weighted by Gasteiger charge is -2.35. The van der Waals surface area contributed by atoms with Crippen molar-refractivity contribution < 1.29 is 22.7 Å². The highest BCUT2D eigenvalue weighted by Crippen LogP contribution is 2.39. The van der Waals surface area contributed by atoms with Crippen molar-refractivity contribution in [3.63, 3.8) is 0 Å². The van der Waals surface area contributed by atoms with Gasteiger partial charge in [-0.2, -0.15) is 0 Å². The number of nitrogens with zero attached hydrogens (tertiary/aromatic N) is 3. The predicted octanol–water partition coefficient (Wildman–Crippen LogP) is 4.98. The molecule has 45 heavy (non-hydrogen) atoms. The predicted molar refractivity (Wildman–Crippen MR) is 180 cm³/mol. The number of aryl methyl sites for hydroxylation is 1. The second-order valence-corrected chi connectivity index (χ2v) is 15.5. The monoisotopic (exact) mass is 637 g/mol. The van der Waals surface area contributed by atoms with Crippen LogP contribution in [0.2, 0.25) is 0 Å². The third-order valence-electron chi connectivity index (χ3n) is 9.32. The van der Waals surface area contributed by atoms with E-state index in [2.05, 4.69) is 21.0 Å². The number of amides is 2. The van der Waals surface area contributed by atoms with E-state index in [9.17, 15) is 18.0 Å². The summed E-state index contributed by atoms with van der Waals surface area (Å²) in [5.41, 5.74) is 3.86. The molecule has 2 amide bonds. The number of para-hydroxylation sites is 1. The summed E-state index contributed by atoms with van der Waals surface area (Å²) in [5.74, 6) is 0.652. The van der Waals surface area contributed by atoms with Crippen molar-refractivity contribution in [3.05, 3.63) is 53.2 Å². The molecule has 2 aliphatic heterocycles. The number of carbonyl (C=O) groups is 2. The first-order valence-corrected chi connectivity index (χ1v) is 17.6. The summed E-state index contributed by atoms with van der Waals surface area (Å²) in [5, 5.41) is 3.98. The number of likely N-dealkylation sites (N-methyl/N-ethyl adjacent to an activating group) is 1. The maximum Gasteiger partial charge on any atom is 0.272 e. The van der Waals surface area contributed by atoms with Crippen LogP contribution in [0, 0.1) is 5.92 Å². The zero-order chi connectivity index (χ0) is 32.7.